The van der Waals surface area contributed by atoms with Crippen LogP contribution in [-0.4, -0.2) is 0 Å². The second-order valence-corrected chi connectivity index (χ2v) is 16.7. The van der Waals surface area contributed by atoms with Gasteiger partial charge in [0.05, 0.1) is 0 Å². The molecule has 0 bridgehead atoms. The molecule has 51 heavy (non-hydrogen) atoms. The highest BCUT2D eigenvalue weighted by Crippen LogP contribution is 2.59. The summed E-state index contributed by atoms with van der Waals surface area (Å²) in [5.41, 5.74) is 16.4. The van der Waals surface area contributed by atoms with Crippen LogP contribution in [-0.2, 0) is 10.8 Å². The molecule has 8 aromatic carbocycles. The van der Waals surface area contributed by atoms with Crippen LogP contribution in [0.5, 0.6) is 0 Å². The predicted octanol–water partition coefficient (Wildman–Crippen LogP) is 14.3. The molecule has 1 heteroatoms. The predicted molar refractivity (Wildman–Crippen MR) is 220 cm³/mol. The fraction of sp³-hybridized carbons (Fsp3) is 0.120. The molecule has 0 amide bonds. The van der Waals surface area contributed by atoms with Crippen LogP contribution in [0.25, 0.3) is 86.2 Å². The summed E-state index contributed by atoms with van der Waals surface area (Å²) < 4.78 is 2.68. The molecular weight excluding hydrogens is 633 g/mol. The molecule has 0 nitrogen and oxygen atoms in total. The number of hydrogen-bond donors (Lipinski definition) is 0. The molecule has 9 aromatic rings. The summed E-state index contributed by atoms with van der Waals surface area (Å²) >= 11 is 1.88. The summed E-state index contributed by atoms with van der Waals surface area (Å²) in [6.07, 6.45) is 0. The third-order valence-corrected chi connectivity index (χ3v) is 13.4. The molecule has 242 valence electrons. The van der Waals surface area contributed by atoms with Gasteiger partial charge in [0.2, 0.25) is 0 Å². The van der Waals surface area contributed by atoms with Crippen LogP contribution in [0, 0.1) is 0 Å². The molecule has 1 aromatic heterocycles. The van der Waals surface area contributed by atoms with E-state index in [2.05, 4.69) is 173 Å². The first-order chi connectivity index (χ1) is 24.8. The largest absolute Gasteiger partial charge is 0.135 e. The summed E-state index contributed by atoms with van der Waals surface area (Å²) in [5, 5.41) is 7.85. The Balaban J connectivity index is 1.19. The zero-order valence-electron chi connectivity index (χ0n) is 29.3. The van der Waals surface area contributed by atoms with E-state index in [0.29, 0.717) is 0 Å². The lowest BCUT2D eigenvalue weighted by Gasteiger charge is -2.24. The van der Waals surface area contributed by atoms with Crippen molar-refractivity contribution >= 4 is 53.1 Å². The minimum atomic E-state index is -0.0850. The second-order valence-electron chi connectivity index (χ2n) is 15.6. The Morgan fingerprint density at radius 2 is 0.784 bits per heavy atom. The summed E-state index contributed by atoms with van der Waals surface area (Å²) in [6, 6.07) is 55.3. The molecule has 0 atom stereocenters. The van der Waals surface area contributed by atoms with Crippen LogP contribution in [0.4, 0.5) is 0 Å². The molecule has 0 unspecified atom stereocenters. The minimum Gasteiger partial charge on any atom is -0.135 e. The van der Waals surface area contributed by atoms with Crippen molar-refractivity contribution < 1.29 is 0 Å². The van der Waals surface area contributed by atoms with E-state index >= 15 is 0 Å². The van der Waals surface area contributed by atoms with Crippen molar-refractivity contribution in [1.82, 2.24) is 0 Å². The normalized spacial score (nSPS) is 15.0. The third-order valence-electron chi connectivity index (χ3n) is 12.3. The SMILES string of the molecule is CC1(C)c2ccccc2-c2c1ccc1c2-c2cc(-c3c4ccccc4c(-c4ccc5sc6ccccc6c5c4)c4ccccc34)ccc2C1(C)C. The van der Waals surface area contributed by atoms with E-state index in [4.69, 9.17) is 0 Å². The Labute approximate surface area is 302 Å². The summed E-state index contributed by atoms with van der Waals surface area (Å²) in [7, 11) is 0. The summed E-state index contributed by atoms with van der Waals surface area (Å²) in [6.45, 7) is 9.59. The Morgan fingerprint density at radius 3 is 1.43 bits per heavy atom. The molecule has 0 saturated carbocycles. The van der Waals surface area contributed by atoms with Crippen LogP contribution in [0.3, 0.4) is 0 Å². The van der Waals surface area contributed by atoms with Gasteiger partial charge >= 0.3 is 0 Å². The Hall–Kier alpha value is -5.50. The lowest BCUT2D eigenvalue weighted by Crippen LogP contribution is -2.17. The van der Waals surface area contributed by atoms with Crippen molar-refractivity contribution in [3.63, 3.8) is 0 Å². The molecule has 0 radical (unpaired) electrons. The second kappa shape index (κ2) is 10.1. The number of rotatable bonds is 2. The first kappa shape index (κ1) is 29.3. The lowest BCUT2D eigenvalue weighted by molar-refractivity contribution is 0.651. The van der Waals surface area contributed by atoms with Gasteiger partial charge in [-0.3, -0.25) is 0 Å². The van der Waals surface area contributed by atoms with Gasteiger partial charge in [-0.25, -0.2) is 0 Å². The van der Waals surface area contributed by atoms with Crippen LogP contribution in [0.2, 0.25) is 0 Å². The van der Waals surface area contributed by atoms with Crippen LogP contribution in [0.15, 0.2) is 146 Å². The summed E-state index contributed by atoms with van der Waals surface area (Å²) in [5.74, 6) is 0. The monoisotopic (exact) mass is 668 g/mol. The van der Waals surface area contributed by atoms with Crippen LogP contribution in [0.1, 0.15) is 49.9 Å². The van der Waals surface area contributed by atoms with Gasteiger partial charge in [0.15, 0.2) is 0 Å². The molecule has 2 aliphatic rings. The maximum Gasteiger partial charge on any atom is 0.0355 e. The Kier molecular flexibility index (Phi) is 5.77. The van der Waals surface area contributed by atoms with Crippen LogP contribution < -0.4 is 0 Å². The molecule has 1 heterocycles. The maximum atomic E-state index is 2.52. The summed E-state index contributed by atoms with van der Waals surface area (Å²) in [4.78, 5) is 0. The van der Waals surface area contributed by atoms with E-state index in [-0.39, 0.29) is 10.8 Å². The fourth-order valence-electron chi connectivity index (χ4n) is 9.82. The van der Waals surface area contributed by atoms with E-state index in [0.717, 1.165) is 0 Å². The van der Waals surface area contributed by atoms with Crippen molar-refractivity contribution in [2.45, 2.75) is 38.5 Å². The zero-order valence-corrected chi connectivity index (χ0v) is 30.1. The van der Waals surface area contributed by atoms with E-state index in [9.17, 15) is 0 Å². The van der Waals surface area contributed by atoms with Crippen molar-refractivity contribution in [2.75, 3.05) is 0 Å². The van der Waals surface area contributed by atoms with Crippen molar-refractivity contribution in [3.05, 3.63) is 168 Å². The Bertz CT molecular complexity index is 2910. The molecule has 0 N–H and O–H groups in total. The lowest BCUT2D eigenvalue weighted by atomic mass is 9.79. The molecule has 11 rings (SSSR count). The smallest absolute Gasteiger partial charge is 0.0355 e. The number of thiophene rings is 1. The quantitative estimate of drug-likeness (QED) is 0.161. The maximum absolute atomic E-state index is 2.52. The topological polar surface area (TPSA) is 0 Å². The average Bonchev–Trinajstić information content (AvgIpc) is 3.73. The van der Waals surface area contributed by atoms with Gasteiger partial charge in [-0.15, -0.1) is 11.3 Å². The molecule has 0 aliphatic heterocycles. The van der Waals surface area contributed by atoms with Gasteiger partial charge in [0.25, 0.3) is 0 Å². The highest BCUT2D eigenvalue weighted by atomic mass is 32.1. The number of fused-ring (bicyclic) bond motifs is 12. The molecular formula is C50H36S. The van der Waals surface area contributed by atoms with Gasteiger partial charge in [-0.05, 0) is 113 Å². The average molecular weight is 669 g/mol. The highest BCUT2D eigenvalue weighted by molar-refractivity contribution is 7.25. The molecule has 0 spiro atoms. The first-order valence-corrected chi connectivity index (χ1v) is 18.9. The van der Waals surface area contributed by atoms with Crippen LogP contribution >= 0.6 is 11.3 Å². The van der Waals surface area contributed by atoms with E-state index < -0.39 is 0 Å². The standard InChI is InChI=1S/C50H36S/c1-49(2)39-19-11-9-18-36(39)47-41(49)24-25-42-48(47)38-28-29(21-23-40(38)50(42,3)4)45-32-14-5-7-16-34(32)46(35-17-8-6-15-33(35)45)30-22-26-44-37(27-30)31-13-10-12-20-43(31)51-44/h5-28H,1-4H3. The highest BCUT2D eigenvalue weighted by Gasteiger charge is 2.43. The molecule has 2 aliphatic carbocycles. The minimum absolute atomic E-state index is 0.0357. The fourth-order valence-corrected chi connectivity index (χ4v) is 10.9. The zero-order chi connectivity index (χ0) is 34.2. The van der Waals surface area contributed by atoms with E-state index in [1.807, 2.05) is 11.3 Å². The van der Waals surface area contributed by atoms with Gasteiger partial charge in [-0.1, -0.05) is 149 Å². The van der Waals surface area contributed by atoms with Gasteiger partial charge in [-0.2, -0.15) is 0 Å². The number of hydrogen-bond acceptors (Lipinski definition) is 1. The van der Waals surface area contributed by atoms with Gasteiger partial charge in [0, 0.05) is 31.0 Å². The van der Waals surface area contributed by atoms with Gasteiger partial charge in [0.1, 0.15) is 0 Å². The van der Waals surface area contributed by atoms with E-state index in [1.165, 1.54) is 108 Å². The first-order valence-electron chi connectivity index (χ1n) is 18.1. The Morgan fingerprint density at radius 1 is 0.333 bits per heavy atom. The van der Waals surface area contributed by atoms with Gasteiger partial charge < -0.3 is 0 Å². The van der Waals surface area contributed by atoms with Crippen molar-refractivity contribution in [2.24, 2.45) is 0 Å². The third kappa shape index (κ3) is 3.80. The van der Waals surface area contributed by atoms with E-state index in [1.54, 1.807) is 0 Å². The van der Waals surface area contributed by atoms with Crippen molar-refractivity contribution in [3.8, 4) is 44.5 Å². The van der Waals surface area contributed by atoms with Crippen molar-refractivity contribution in [1.29, 1.82) is 0 Å². The number of benzene rings is 8. The molecule has 0 saturated heterocycles. The molecule has 0 fully saturated rings.